The molecule has 106 valence electrons. The van der Waals surface area contributed by atoms with Crippen molar-refractivity contribution >= 4 is 27.7 Å². The van der Waals surface area contributed by atoms with Crippen LogP contribution < -0.4 is 5.73 Å². The van der Waals surface area contributed by atoms with Crippen LogP contribution in [0.1, 0.15) is 34.2 Å². The van der Waals surface area contributed by atoms with Crippen molar-refractivity contribution in [2.24, 2.45) is 5.73 Å². The van der Waals surface area contributed by atoms with Crippen molar-refractivity contribution in [3.05, 3.63) is 46.0 Å². The van der Waals surface area contributed by atoms with Gasteiger partial charge in [0.2, 0.25) is 0 Å². The van der Waals surface area contributed by atoms with E-state index < -0.39 is 0 Å². The highest BCUT2D eigenvalue weighted by Gasteiger charge is 2.42. The van der Waals surface area contributed by atoms with E-state index >= 15 is 0 Å². The minimum atomic E-state index is -0.0681. The van der Waals surface area contributed by atoms with Crippen LogP contribution >= 0.6 is 15.9 Å². The van der Waals surface area contributed by atoms with Gasteiger partial charge in [-0.3, -0.25) is 14.8 Å². The zero-order valence-electron chi connectivity index (χ0n) is 11.0. The van der Waals surface area contributed by atoms with Gasteiger partial charge < -0.3 is 10.6 Å². The van der Waals surface area contributed by atoms with Gasteiger partial charge in [0.25, 0.3) is 5.91 Å². The number of nitrogens with one attached hydrogen (secondary N) is 1. The number of hydrogen-bond donors (Lipinski definition) is 2. The second-order valence-corrected chi connectivity index (χ2v) is 6.05. The number of amidine groups is 1. The highest BCUT2D eigenvalue weighted by Crippen LogP contribution is 2.42. The lowest BCUT2D eigenvalue weighted by molar-refractivity contribution is 0.0459. The summed E-state index contributed by atoms with van der Waals surface area (Å²) in [5, 5.41) is 7.71. The number of aromatic nitrogens is 2. The van der Waals surface area contributed by atoms with Crippen molar-refractivity contribution in [1.82, 2.24) is 14.5 Å². The molecule has 0 aliphatic carbocycles. The molecule has 1 saturated heterocycles. The monoisotopic (exact) mass is 345 g/mol. The Kier molecular flexibility index (Phi) is 2.50. The van der Waals surface area contributed by atoms with Crippen LogP contribution in [0.4, 0.5) is 0 Å². The number of carbonyl (C=O) groups is 1. The van der Waals surface area contributed by atoms with E-state index in [0.29, 0.717) is 17.8 Å². The number of rotatable bonds is 1. The number of nitrogens with two attached hydrogens (primary N) is 1. The summed E-state index contributed by atoms with van der Waals surface area (Å²) in [6, 6.07) is 5.58. The van der Waals surface area contributed by atoms with Gasteiger partial charge in [0.1, 0.15) is 17.9 Å². The number of benzene rings is 1. The van der Waals surface area contributed by atoms with Crippen LogP contribution in [0.3, 0.4) is 0 Å². The normalized spacial score (nSPS) is 19.2. The van der Waals surface area contributed by atoms with Crippen LogP contribution in [0.25, 0.3) is 5.69 Å². The van der Waals surface area contributed by atoms with Gasteiger partial charge in [-0.1, -0.05) is 6.07 Å². The van der Waals surface area contributed by atoms with Gasteiger partial charge in [0.15, 0.2) is 0 Å². The molecule has 3 N–H and O–H groups in total. The van der Waals surface area contributed by atoms with E-state index in [1.807, 2.05) is 27.7 Å². The smallest absolute Gasteiger partial charge is 0.257 e. The third-order valence-corrected chi connectivity index (χ3v) is 4.78. The number of nitrogens with zero attached hydrogens (tertiary/aromatic N) is 3. The summed E-state index contributed by atoms with van der Waals surface area (Å²) in [6.07, 6.45) is 2.51. The summed E-state index contributed by atoms with van der Waals surface area (Å²) >= 11 is 3.47. The maximum Gasteiger partial charge on any atom is 0.257 e. The third kappa shape index (κ3) is 1.55. The molecule has 7 heteroatoms. The molecule has 2 aliphatic rings. The molecule has 2 aliphatic heterocycles. The largest absolute Gasteiger partial charge is 0.382 e. The van der Waals surface area contributed by atoms with E-state index in [0.717, 1.165) is 22.3 Å². The summed E-state index contributed by atoms with van der Waals surface area (Å²) in [5.41, 5.74) is 8.35. The van der Waals surface area contributed by atoms with E-state index in [9.17, 15) is 4.79 Å². The van der Waals surface area contributed by atoms with Crippen molar-refractivity contribution in [1.29, 1.82) is 5.41 Å². The number of amides is 1. The third-order valence-electron chi connectivity index (χ3n) is 4.12. The average molecular weight is 346 g/mol. The number of hydrogen-bond acceptors (Lipinski definition) is 3. The SMILES string of the molecule is N=C(N)c1ncn2c1[C@@H]1CCN1C(=O)c1c(Br)cccc1-2. The van der Waals surface area contributed by atoms with E-state index in [1.54, 1.807) is 6.33 Å². The summed E-state index contributed by atoms with van der Waals surface area (Å²) in [4.78, 5) is 18.8. The minimum absolute atomic E-state index is 0.00641. The van der Waals surface area contributed by atoms with Crippen LogP contribution in [0, 0.1) is 5.41 Å². The Labute approximate surface area is 129 Å². The molecule has 1 fully saturated rings. The highest BCUT2D eigenvalue weighted by atomic mass is 79.9. The van der Waals surface area contributed by atoms with Crippen molar-refractivity contribution < 1.29 is 4.79 Å². The molecule has 1 aromatic carbocycles. The maximum atomic E-state index is 12.7. The fraction of sp³-hybridized carbons (Fsp3) is 0.214. The molecule has 0 bridgehead atoms. The van der Waals surface area contributed by atoms with Gasteiger partial charge in [-0.05, 0) is 34.5 Å². The Hall–Kier alpha value is -2.15. The number of nitrogen functional groups attached to an aromatic ring is 1. The molecule has 21 heavy (non-hydrogen) atoms. The molecule has 0 unspecified atom stereocenters. The molecule has 0 spiro atoms. The molecule has 3 heterocycles. The molecule has 0 saturated carbocycles. The first kappa shape index (κ1) is 12.6. The van der Waals surface area contributed by atoms with Crippen molar-refractivity contribution in [2.45, 2.75) is 12.5 Å². The summed E-state index contributed by atoms with van der Waals surface area (Å²) < 4.78 is 2.65. The van der Waals surface area contributed by atoms with Gasteiger partial charge >= 0.3 is 0 Å². The first-order chi connectivity index (χ1) is 10.1. The van der Waals surface area contributed by atoms with E-state index in [4.69, 9.17) is 11.1 Å². The van der Waals surface area contributed by atoms with Gasteiger partial charge in [-0.25, -0.2) is 4.98 Å². The van der Waals surface area contributed by atoms with Crippen molar-refractivity contribution in [3.63, 3.8) is 0 Å². The number of carbonyl (C=O) groups excluding carboxylic acids is 1. The number of imidazole rings is 1. The molecular formula is C14H12BrN5O. The average Bonchev–Trinajstić information content (AvgIpc) is 2.78. The first-order valence-electron chi connectivity index (χ1n) is 6.61. The molecule has 6 nitrogen and oxygen atoms in total. The second kappa shape index (κ2) is 4.17. The van der Waals surface area contributed by atoms with Gasteiger partial charge in [0, 0.05) is 11.0 Å². The molecule has 0 radical (unpaired) electrons. The number of halogens is 1. The van der Waals surface area contributed by atoms with Crippen molar-refractivity contribution in [2.75, 3.05) is 6.54 Å². The molecule has 4 rings (SSSR count). The van der Waals surface area contributed by atoms with Crippen LogP contribution in [0.5, 0.6) is 0 Å². The molecule has 1 amide bonds. The molecular weight excluding hydrogens is 334 g/mol. The fourth-order valence-electron chi connectivity index (χ4n) is 3.06. The Bertz CT molecular complexity index is 797. The van der Waals surface area contributed by atoms with Gasteiger partial charge in [0.05, 0.1) is 23.0 Å². The van der Waals surface area contributed by atoms with E-state index in [1.165, 1.54) is 0 Å². The van der Waals surface area contributed by atoms with Gasteiger partial charge in [-0.2, -0.15) is 0 Å². The predicted octanol–water partition coefficient (Wildman–Crippen LogP) is 1.82. The van der Waals surface area contributed by atoms with Crippen LogP contribution in [-0.4, -0.2) is 32.7 Å². The van der Waals surface area contributed by atoms with E-state index in [2.05, 4.69) is 20.9 Å². The predicted molar refractivity (Wildman–Crippen MR) is 80.7 cm³/mol. The quantitative estimate of drug-likeness (QED) is 0.610. The number of fused-ring (bicyclic) bond motifs is 5. The lowest BCUT2D eigenvalue weighted by Crippen LogP contribution is -2.45. The zero-order valence-corrected chi connectivity index (χ0v) is 12.6. The maximum absolute atomic E-state index is 12.7. The zero-order chi connectivity index (χ0) is 14.7. The van der Waals surface area contributed by atoms with Crippen LogP contribution in [0.2, 0.25) is 0 Å². The Balaban J connectivity index is 2.07. The van der Waals surface area contributed by atoms with Crippen LogP contribution in [0.15, 0.2) is 29.0 Å². The topological polar surface area (TPSA) is 88.0 Å². The second-order valence-electron chi connectivity index (χ2n) is 5.20. The molecule has 2 aromatic rings. The Morgan fingerprint density at radius 1 is 1.48 bits per heavy atom. The van der Waals surface area contributed by atoms with E-state index in [-0.39, 0.29) is 17.8 Å². The molecule has 1 atom stereocenters. The Morgan fingerprint density at radius 3 is 2.95 bits per heavy atom. The summed E-state index contributed by atoms with van der Waals surface area (Å²) in [6.45, 7) is 0.715. The highest BCUT2D eigenvalue weighted by molar-refractivity contribution is 9.10. The summed E-state index contributed by atoms with van der Waals surface area (Å²) in [7, 11) is 0. The minimum Gasteiger partial charge on any atom is -0.382 e. The molecule has 1 aromatic heterocycles. The van der Waals surface area contributed by atoms with Gasteiger partial charge in [-0.15, -0.1) is 0 Å². The lowest BCUT2D eigenvalue weighted by atomic mass is 9.97. The lowest BCUT2D eigenvalue weighted by Gasteiger charge is -2.40. The van der Waals surface area contributed by atoms with Crippen LogP contribution in [-0.2, 0) is 0 Å². The fourth-order valence-corrected chi connectivity index (χ4v) is 3.58. The Morgan fingerprint density at radius 2 is 2.29 bits per heavy atom. The summed E-state index contributed by atoms with van der Waals surface area (Å²) in [5.74, 6) is -0.0616. The van der Waals surface area contributed by atoms with Crippen molar-refractivity contribution in [3.8, 4) is 5.69 Å². The standard InChI is InChI=1S/C14H12BrN5O/c15-7-2-1-3-8-10(7)14(21)19-5-4-9(19)12-11(13(16)17)18-6-20(8)12/h1-3,6,9H,4-5H2,(H3,16,17)/t9-/m0/s1. The first-order valence-corrected chi connectivity index (χ1v) is 7.40.